The molecule has 0 aliphatic carbocycles. The molecule has 0 aliphatic rings. The van der Waals surface area contributed by atoms with E-state index in [-0.39, 0.29) is 0 Å². The van der Waals surface area contributed by atoms with Crippen LogP contribution in [0.4, 0.5) is 0 Å². The Bertz CT molecular complexity index is 427. The highest BCUT2D eigenvalue weighted by molar-refractivity contribution is 5.41. The van der Waals surface area contributed by atoms with E-state index in [1.165, 1.54) is 0 Å². The third-order valence-corrected chi connectivity index (χ3v) is 2.69. The smallest absolute Gasteiger partial charge is 0.127 e. The lowest BCUT2D eigenvalue weighted by Gasteiger charge is -2.15. The Morgan fingerprint density at radius 2 is 2.05 bits per heavy atom. The molecule has 0 aliphatic heterocycles. The fraction of sp³-hybridized carbons (Fsp3) is 0.529. The molecule has 0 bridgehead atoms. The van der Waals surface area contributed by atoms with Crippen LogP contribution < -0.4 is 14.8 Å². The summed E-state index contributed by atoms with van der Waals surface area (Å²) in [6.45, 7) is 14.2. The molecule has 0 saturated heterocycles. The normalized spacial score (nSPS) is 10.7. The SMILES string of the molecule is C=C(C)COc1cc(OCCC)ccc1CNC(C)C. The summed E-state index contributed by atoms with van der Waals surface area (Å²) in [5, 5.41) is 3.41. The molecule has 0 amide bonds. The van der Waals surface area contributed by atoms with Crippen LogP contribution in [0.3, 0.4) is 0 Å². The van der Waals surface area contributed by atoms with Crippen molar-refractivity contribution in [2.24, 2.45) is 0 Å². The van der Waals surface area contributed by atoms with Crippen molar-refractivity contribution < 1.29 is 9.47 Å². The van der Waals surface area contributed by atoms with Gasteiger partial charge in [-0.05, 0) is 25.0 Å². The second kappa shape index (κ2) is 8.64. The molecule has 0 saturated carbocycles. The van der Waals surface area contributed by atoms with Gasteiger partial charge in [0.1, 0.15) is 18.1 Å². The standard InChI is InChI=1S/C17H27NO2/c1-6-9-19-16-8-7-15(11-18-14(4)5)17(10-16)20-12-13(2)3/h7-8,10,14,18H,2,6,9,11-12H2,1,3-5H3. The van der Waals surface area contributed by atoms with Gasteiger partial charge in [-0.2, -0.15) is 0 Å². The van der Waals surface area contributed by atoms with Gasteiger partial charge in [0.15, 0.2) is 0 Å². The van der Waals surface area contributed by atoms with Gasteiger partial charge in [0.25, 0.3) is 0 Å². The first-order valence-electron chi connectivity index (χ1n) is 7.29. The Hall–Kier alpha value is -1.48. The zero-order valence-corrected chi connectivity index (χ0v) is 13.2. The second-order valence-corrected chi connectivity index (χ2v) is 5.40. The number of hydrogen-bond donors (Lipinski definition) is 1. The maximum atomic E-state index is 5.83. The van der Waals surface area contributed by atoms with Crippen molar-refractivity contribution in [3.05, 3.63) is 35.9 Å². The predicted molar refractivity (Wildman–Crippen MR) is 84.5 cm³/mol. The summed E-state index contributed by atoms with van der Waals surface area (Å²) in [4.78, 5) is 0. The number of nitrogens with one attached hydrogen (secondary N) is 1. The number of benzene rings is 1. The van der Waals surface area contributed by atoms with Gasteiger partial charge < -0.3 is 14.8 Å². The first kappa shape index (κ1) is 16.6. The Labute approximate surface area is 123 Å². The second-order valence-electron chi connectivity index (χ2n) is 5.40. The Balaban J connectivity index is 2.81. The molecule has 0 unspecified atom stereocenters. The van der Waals surface area contributed by atoms with Crippen molar-refractivity contribution in [1.29, 1.82) is 0 Å². The largest absolute Gasteiger partial charge is 0.493 e. The summed E-state index contributed by atoms with van der Waals surface area (Å²) in [5.41, 5.74) is 2.15. The van der Waals surface area contributed by atoms with Crippen LogP contribution >= 0.6 is 0 Å². The van der Waals surface area contributed by atoms with E-state index in [0.717, 1.165) is 42.2 Å². The van der Waals surface area contributed by atoms with Crippen molar-refractivity contribution in [3.8, 4) is 11.5 Å². The molecule has 1 aromatic rings. The highest BCUT2D eigenvalue weighted by Crippen LogP contribution is 2.25. The van der Waals surface area contributed by atoms with E-state index in [1.807, 2.05) is 19.1 Å². The molecule has 0 radical (unpaired) electrons. The summed E-state index contributed by atoms with van der Waals surface area (Å²) >= 11 is 0. The molecule has 112 valence electrons. The molecule has 3 heteroatoms. The van der Waals surface area contributed by atoms with Crippen molar-refractivity contribution >= 4 is 0 Å². The molecule has 0 fully saturated rings. The summed E-state index contributed by atoms with van der Waals surface area (Å²) in [7, 11) is 0. The molecule has 1 rings (SSSR count). The fourth-order valence-electron chi connectivity index (χ4n) is 1.64. The van der Waals surface area contributed by atoms with Crippen LogP contribution in [-0.2, 0) is 6.54 Å². The van der Waals surface area contributed by atoms with Crippen molar-refractivity contribution in [1.82, 2.24) is 5.32 Å². The van der Waals surface area contributed by atoms with Crippen LogP contribution in [0.5, 0.6) is 11.5 Å². The van der Waals surface area contributed by atoms with E-state index < -0.39 is 0 Å². The summed E-state index contributed by atoms with van der Waals surface area (Å²) in [6, 6.07) is 6.48. The van der Waals surface area contributed by atoms with Crippen LogP contribution in [0, 0.1) is 0 Å². The van der Waals surface area contributed by atoms with Gasteiger partial charge in [0, 0.05) is 24.2 Å². The minimum Gasteiger partial charge on any atom is -0.493 e. The molecular weight excluding hydrogens is 250 g/mol. The Morgan fingerprint density at radius 1 is 1.30 bits per heavy atom. The number of hydrogen-bond acceptors (Lipinski definition) is 3. The zero-order chi connectivity index (χ0) is 15.0. The minimum absolute atomic E-state index is 0.444. The van der Waals surface area contributed by atoms with Gasteiger partial charge in [-0.25, -0.2) is 0 Å². The Morgan fingerprint density at radius 3 is 2.65 bits per heavy atom. The molecular formula is C17H27NO2. The highest BCUT2D eigenvalue weighted by Gasteiger charge is 2.07. The highest BCUT2D eigenvalue weighted by atomic mass is 16.5. The lowest BCUT2D eigenvalue weighted by molar-refractivity contribution is 0.309. The van der Waals surface area contributed by atoms with E-state index in [0.29, 0.717) is 12.6 Å². The van der Waals surface area contributed by atoms with Gasteiger partial charge in [-0.15, -0.1) is 0 Å². The van der Waals surface area contributed by atoms with Gasteiger partial charge in [0.05, 0.1) is 6.61 Å². The number of ether oxygens (including phenoxy) is 2. The fourth-order valence-corrected chi connectivity index (χ4v) is 1.64. The summed E-state index contributed by atoms with van der Waals surface area (Å²) in [5.74, 6) is 1.73. The van der Waals surface area contributed by atoms with Gasteiger partial charge >= 0.3 is 0 Å². The van der Waals surface area contributed by atoms with Crippen molar-refractivity contribution in [3.63, 3.8) is 0 Å². The van der Waals surface area contributed by atoms with Crippen LogP contribution in [0.2, 0.25) is 0 Å². The zero-order valence-electron chi connectivity index (χ0n) is 13.2. The third kappa shape index (κ3) is 6.11. The molecule has 0 aromatic heterocycles. The third-order valence-electron chi connectivity index (χ3n) is 2.69. The van der Waals surface area contributed by atoms with Crippen molar-refractivity contribution in [2.45, 2.75) is 46.7 Å². The molecule has 0 spiro atoms. The van der Waals surface area contributed by atoms with Gasteiger partial charge in [0.2, 0.25) is 0 Å². The molecule has 0 atom stereocenters. The van der Waals surface area contributed by atoms with E-state index in [9.17, 15) is 0 Å². The molecule has 20 heavy (non-hydrogen) atoms. The quantitative estimate of drug-likeness (QED) is 0.694. The Kier molecular flexibility index (Phi) is 7.16. The van der Waals surface area contributed by atoms with Gasteiger partial charge in [-0.1, -0.05) is 33.4 Å². The van der Waals surface area contributed by atoms with Crippen molar-refractivity contribution in [2.75, 3.05) is 13.2 Å². The number of rotatable bonds is 9. The van der Waals surface area contributed by atoms with E-state index in [2.05, 4.69) is 38.7 Å². The maximum absolute atomic E-state index is 5.83. The van der Waals surface area contributed by atoms with Crippen LogP contribution in [-0.4, -0.2) is 19.3 Å². The monoisotopic (exact) mass is 277 g/mol. The lowest BCUT2D eigenvalue weighted by atomic mass is 10.1. The average Bonchev–Trinajstić information content (AvgIpc) is 2.41. The topological polar surface area (TPSA) is 30.5 Å². The average molecular weight is 277 g/mol. The minimum atomic E-state index is 0.444. The van der Waals surface area contributed by atoms with Crippen LogP contribution in [0.1, 0.15) is 39.7 Å². The van der Waals surface area contributed by atoms with E-state index in [1.54, 1.807) is 0 Å². The maximum Gasteiger partial charge on any atom is 0.127 e. The molecule has 1 N–H and O–H groups in total. The lowest BCUT2D eigenvalue weighted by Crippen LogP contribution is -2.22. The first-order valence-corrected chi connectivity index (χ1v) is 7.29. The molecule has 3 nitrogen and oxygen atoms in total. The predicted octanol–water partition coefficient (Wildman–Crippen LogP) is 3.93. The van der Waals surface area contributed by atoms with E-state index in [4.69, 9.17) is 9.47 Å². The van der Waals surface area contributed by atoms with Crippen LogP contribution in [0.15, 0.2) is 30.4 Å². The molecule has 0 heterocycles. The summed E-state index contributed by atoms with van der Waals surface area (Å²) in [6.07, 6.45) is 0.999. The van der Waals surface area contributed by atoms with E-state index >= 15 is 0 Å². The summed E-state index contributed by atoms with van der Waals surface area (Å²) < 4.78 is 11.5. The molecule has 1 aromatic carbocycles. The van der Waals surface area contributed by atoms with Crippen LogP contribution in [0.25, 0.3) is 0 Å². The van der Waals surface area contributed by atoms with Gasteiger partial charge in [-0.3, -0.25) is 0 Å². The first-order chi connectivity index (χ1) is 9.52.